The van der Waals surface area contributed by atoms with E-state index in [-0.39, 0.29) is 0 Å². The van der Waals surface area contributed by atoms with Gasteiger partial charge >= 0.3 is 0 Å². The minimum absolute atomic E-state index is 1.02. The molecule has 0 bridgehead atoms. The standard InChI is InChI=1S/3C34H23N.15C2H6/c2*1-3-10-26-20(6-1)16-22-12-14-27-28-15-13-25-18-24-9-5-8-23-17-21-7-2-4-11-31(21)35(33(23)24)34(25)30(28)19-29(27)32(22)26;1-3-10-25-20(6-1)18-29-26(25)14-15-27-28-13-12-24-17-23-9-5-8-22-16-21-7-2-4-11-32(21)35(33(22)23)34(24)31(28)19-30(27)29;15*1-2/h3*1-15H,16-19H2;15*1-2H3. The number of anilines is 9. The van der Waals surface area contributed by atoms with E-state index in [1.165, 1.54) is 240 Å². The zero-order chi connectivity index (χ0) is 98.0. The van der Waals surface area contributed by atoms with Crippen LogP contribution in [0.4, 0.5) is 51.2 Å². The molecule has 0 atom stereocenters. The lowest BCUT2D eigenvalue weighted by atomic mass is 9.84. The van der Waals surface area contributed by atoms with Gasteiger partial charge in [-0.3, -0.25) is 0 Å². The molecule has 6 aliphatic heterocycles. The van der Waals surface area contributed by atoms with Crippen LogP contribution in [0.3, 0.4) is 0 Å². The number of fused-ring (bicyclic) bond motifs is 36. The SMILES string of the molecule is CC.CC.CC.CC.CC.CC.CC.CC.CC.CC.CC.CC.CC.CC.CC.c1ccc2c(c1)Cc1c-2ccc2c1Cc1c-2ccc2c1N1c3ccccc3Cc3cccc(c31)C2.c1ccc2c(c1)Cc1ccc3c(c1-2)Cc1c-3ccc2c1N1c3ccccc3Cc3cccc(c31)C2.c1ccc2c(c1)Cc1ccc3c(c1-2)Cc1c-3ccc2c1N1c3ccccc3Cc3cccc(c31)C2. The van der Waals surface area contributed by atoms with Crippen molar-refractivity contribution in [3.63, 3.8) is 0 Å². The number of hydrogen-bond acceptors (Lipinski definition) is 3. The quantitative estimate of drug-likeness (QED) is 0.150. The zero-order valence-corrected chi connectivity index (χ0v) is 88.3. The van der Waals surface area contributed by atoms with Crippen LogP contribution < -0.4 is 14.7 Å². The van der Waals surface area contributed by atoms with E-state index in [4.69, 9.17) is 0 Å². The summed E-state index contributed by atoms with van der Waals surface area (Å²) < 4.78 is 0. The number of benzene rings is 15. The Morgan fingerprint density at radius 2 is 0.304 bits per heavy atom. The lowest BCUT2D eigenvalue weighted by molar-refractivity contribution is 0.999. The van der Waals surface area contributed by atoms with Crippen LogP contribution in [0.2, 0.25) is 0 Å². The summed E-state index contributed by atoms with van der Waals surface area (Å²) in [5, 5.41) is 0. The summed E-state index contributed by atoms with van der Waals surface area (Å²) in [6.07, 6.45) is 12.3. The topological polar surface area (TPSA) is 9.72 Å². The van der Waals surface area contributed by atoms with Gasteiger partial charge in [-0.15, -0.1) is 0 Å². The smallest absolute Gasteiger partial charge is 0.0538 e. The monoisotopic (exact) mass is 1790 g/mol. The normalized spacial score (nSPS) is 12.3. The highest BCUT2D eigenvalue weighted by Gasteiger charge is 2.42. The molecule has 0 fully saturated rings. The van der Waals surface area contributed by atoms with E-state index in [0.29, 0.717) is 0 Å². The summed E-state index contributed by atoms with van der Waals surface area (Å²) in [6.45, 7) is 60.0. The zero-order valence-electron chi connectivity index (χ0n) is 88.3. The molecule has 135 heavy (non-hydrogen) atoms. The van der Waals surface area contributed by atoms with E-state index in [0.717, 1.165) is 77.0 Å². The molecule has 3 nitrogen and oxygen atoms in total. The van der Waals surface area contributed by atoms with Gasteiger partial charge in [0.05, 0.1) is 34.1 Å². The molecule has 27 rings (SSSR count). The summed E-state index contributed by atoms with van der Waals surface area (Å²) in [7, 11) is 0. The van der Waals surface area contributed by atoms with Crippen molar-refractivity contribution in [2.75, 3.05) is 14.7 Å². The van der Waals surface area contributed by atoms with E-state index in [2.05, 4.69) is 288 Å². The van der Waals surface area contributed by atoms with Crippen LogP contribution in [0.25, 0.3) is 66.8 Å². The average molecular weight is 1790 g/mol. The molecular formula is C132H159N3. The van der Waals surface area contributed by atoms with Crippen molar-refractivity contribution in [3.05, 3.63) is 407 Å². The first-order chi connectivity index (χ1) is 67.0. The van der Waals surface area contributed by atoms with Crippen LogP contribution in [0.15, 0.2) is 273 Å². The van der Waals surface area contributed by atoms with Crippen LogP contribution >= 0.6 is 0 Å². The Hall–Kier alpha value is -12.3. The van der Waals surface area contributed by atoms with Gasteiger partial charge in [-0.25, -0.2) is 0 Å². The average Bonchev–Trinajstić information content (AvgIpc) is 1.66. The highest BCUT2D eigenvalue weighted by molar-refractivity contribution is 6.02. The molecule has 0 amide bonds. The fraction of sp³-hybridized carbons (Fsp3) is 0.318. The van der Waals surface area contributed by atoms with Crippen molar-refractivity contribution >= 4 is 51.2 Å². The maximum absolute atomic E-state index is 2.61. The van der Waals surface area contributed by atoms with Crippen LogP contribution in [0.1, 0.15) is 341 Å². The summed E-state index contributed by atoms with van der Waals surface area (Å²) in [5.74, 6) is 0. The Morgan fingerprint density at radius 3 is 0.607 bits per heavy atom. The van der Waals surface area contributed by atoms with E-state index >= 15 is 0 Å². The third kappa shape index (κ3) is 18.7. The second-order valence-corrected chi connectivity index (χ2v) is 31.4. The van der Waals surface area contributed by atoms with Gasteiger partial charge in [0.2, 0.25) is 0 Å². The van der Waals surface area contributed by atoms with Gasteiger partial charge in [-0.05, 0) is 238 Å². The first kappa shape index (κ1) is 105. The van der Waals surface area contributed by atoms with Crippen molar-refractivity contribution in [1.29, 1.82) is 0 Å². The predicted octanol–water partition coefficient (Wildman–Crippen LogP) is 39.7. The fourth-order valence-corrected chi connectivity index (χ4v) is 21.9. The van der Waals surface area contributed by atoms with Gasteiger partial charge in [0, 0.05) is 74.8 Å². The summed E-state index contributed by atoms with van der Waals surface area (Å²) >= 11 is 0. The van der Waals surface area contributed by atoms with Crippen molar-refractivity contribution in [1.82, 2.24) is 0 Å². The Morgan fingerprint density at radius 1 is 0.119 bits per heavy atom. The molecule has 0 aromatic heterocycles. The molecule has 3 heteroatoms. The first-order valence-electron chi connectivity index (χ1n) is 53.2. The predicted molar refractivity (Wildman–Crippen MR) is 600 cm³/mol. The van der Waals surface area contributed by atoms with Gasteiger partial charge < -0.3 is 14.7 Å². The summed E-state index contributed by atoms with van der Waals surface area (Å²) in [6, 6.07) is 103. The Kier molecular flexibility index (Phi) is 38.6. The van der Waals surface area contributed by atoms with Crippen LogP contribution in [-0.4, -0.2) is 0 Å². The number of para-hydroxylation sites is 6. The van der Waals surface area contributed by atoms with Gasteiger partial charge in [0.25, 0.3) is 0 Å². The van der Waals surface area contributed by atoms with E-state index < -0.39 is 0 Å². The van der Waals surface area contributed by atoms with Crippen LogP contribution in [0.5, 0.6) is 0 Å². The lowest BCUT2D eigenvalue weighted by Gasteiger charge is -2.40. The molecule has 702 valence electrons. The van der Waals surface area contributed by atoms with Gasteiger partial charge in [0.1, 0.15) is 0 Å². The van der Waals surface area contributed by atoms with Crippen molar-refractivity contribution < 1.29 is 0 Å². The van der Waals surface area contributed by atoms with Gasteiger partial charge in [0.15, 0.2) is 0 Å². The molecule has 12 aliphatic rings. The minimum atomic E-state index is 1.02. The molecule has 6 heterocycles. The summed E-state index contributed by atoms with van der Waals surface area (Å²) in [4.78, 5) is 7.84. The molecule has 0 saturated heterocycles. The minimum Gasteiger partial charge on any atom is -0.309 e. The van der Waals surface area contributed by atoms with Crippen LogP contribution in [0, 0.1) is 0 Å². The van der Waals surface area contributed by atoms with Gasteiger partial charge in [-0.2, -0.15) is 0 Å². The molecule has 6 aliphatic carbocycles. The summed E-state index contributed by atoms with van der Waals surface area (Å²) in [5.41, 5.74) is 65.4. The van der Waals surface area contributed by atoms with Crippen molar-refractivity contribution in [2.45, 2.75) is 285 Å². The molecule has 0 N–H and O–H groups in total. The first-order valence-corrected chi connectivity index (χ1v) is 53.2. The number of rotatable bonds is 0. The van der Waals surface area contributed by atoms with Crippen LogP contribution in [-0.2, 0) is 77.0 Å². The molecule has 0 spiro atoms. The highest BCUT2D eigenvalue weighted by atomic mass is 15.2. The van der Waals surface area contributed by atoms with Gasteiger partial charge in [-0.1, -0.05) is 462 Å². The maximum Gasteiger partial charge on any atom is 0.0538 e. The van der Waals surface area contributed by atoms with Crippen molar-refractivity contribution in [2.24, 2.45) is 0 Å². The molecule has 0 saturated carbocycles. The van der Waals surface area contributed by atoms with E-state index in [1.807, 2.05) is 208 Å². The lowest BCUT2D eigenvalue weighted by Crippen LogP contribution is -2.25. The Balaban J connectivity index is 0.000000184. The molecule has 15 aromatic carbocycles. The third-order valence-electron chi connectivity index (χ3n) is 26.2. The second kappa shape index (κ2) is 49.8. The Labute approximate surface area is 818 Å². The van der Waals surface area contributed by atoms with E-state index in [1.54, 1.807) is 11.1 Å². The molecule has 15 aromatic rings. The largest absolute Gasteiger partial charge is 0.309 e. The highest BCUT2D eigenvalue weighted by Crippen LogP contribution is 2.61. The fourth-order valence-electron chi connectivity index (χ4n) is 21.9. The Bertz CT molecular complexity index is 6210. The second-order valence-electron chi connectivity index (χ2n) is 31.4. The number of hydrogen-bond donors (Lipinski definition) is 0. The molecule has 0 unspecified atom stereocenters. The third-order valence-corrected chi connectivity index (χ3v) is 26.2. The maximum atomic E-state index is 2.61. The van der Waals surface area contributed by atoms with E-state index in [9.17, 15) is 0 Å². The van der Waals surface area contributed by atoms with Crippen molar-refractivity contribution in [3.8, 4) is 66.8 Å². The molecular weight excluding hydrogens is 1630 g/mol. The number of nitrogens with zero attached hydrogens (tertiary/aromatic N) is 3. The molecule has 0 radical (unpaired) electrons.